The van der Waals surface area contributed by atoms with Gasteiger partial charge in [0.1, 0.15) is 40.8 Å². The highest BCUT2D eigenvalue weighted by atomic mass is 35.5. The van der Waals surface area contributed by atoms with Crippen molar-refractivity contribution in [3.63, 3.8) is 0 Å². The number of H-pyrrole nitrogens is 1. The Kier molecular flexibility index (Phi) is 14.8. The molecule has 61 heavy (non-hydrogen) atoms. The molecule has 0 saturated heterocycles. The predicted molar refractivity (Wildman–Crippen MR) is 233 cm³/mol. The van der Waals surface area contributed by atoms with Gasteiger partial charge in [-0.05, 0) is 113 Å². The summed E-state index contributed by atoms with van der Waals surface area (Å²) in [4.78, 5) is 85.3. The number of halogens is 1. The van der Waals surface area contributed by atoms with Crippen LogP contribution in [0.1, 0.15) is 76.9 Å². The van der Waals surface area contributed by atoms with Crippen LogP contribution in [0.2, 0.25) is 5.02 Å². The van der Waals surface area contributed by atoms with Crippen molar-refractivity contribution in [3.05, 3.63) is 107 Å². The second-order valence-electron chi connectivity index (χ2n) is 16.6. The highest BCUT2D eigenvalue weighted by molar-refractivity contribution is 6.31. The van der Waals surface area contributed by atoms with E-state index in [1.165, 1.54) is 7.11 Å². The zero-order chi connectivity index (χ0) is 44.5. The van der Waals surface area contributed by atoms with Gasteiger partial charge in [0.25, 0.3) is 5.91 Å². The summed E-state index contributed by atoms with van der Waals surface area (Å²) in [5, 5.41) is 13.9. The van der Waals surface area contributed by atoms with E-state index < -0.39 is 71.3 Å². The smallest absolute Gasteiger partial charge is 0.308 e. The van der Waals surface area contributed by atoms with Crippen molar-refractivity contribution in [3.8, 4) is 5.75 Å². The first-order chi connectivity index (χ1) is 28.7. The summed E-state index contributed by atoms with van der Waals surface area (Å²) in [7, 11) is 1.50. The zero-order valence-electron chi connectivity index (χ0n) is 35.3. The minimum atomic E-state index is -1.59. The number of rotatable bonds is 16. The monoisotopic (exact) mass is 853 g/mol. The lowest BCUT2D eigenvalue weighted by Crippen LogP contribution is -2.57. The molecule has 0 radical (unpaired) electrons. The van der Waals surface area contributed by atoms with Gasteiger partial charge in [0.2, 0.25) is 17.7 Å². The Morgan fingerprint density at radius 2 is 1.30 bits per heavy atom. The molecule has 5 aromatic rings. The van der Waals surface area contributed by atoms with Gasteiger partial charge in [-0.3, -0.25) is 28.8 Å². The maximum absolute atomic E-state index is 14.4. The molecule has 322 valence electrons. The van der Waals surface area contributed by atoms with Gasteiger partial charge in [0, 0.05) is 34.5 Å². The quantitative estimate of drug-likeness (QED) is 0.0665. The van der Waals surface area contributed by atoms with Crippen molar-refractivity contribution in [1.29, 1.82) is 0 Å². The van der Waals surface area contributed by atoms with E-state index in [1.54, 1.807) is 90.1 Å². The molecule has 14 nitrogen and oxygen atoms in total. The SMILES string of the molecule is COc1ccc(NC(=O)[C@H](CCC(=O)OC(C)(C)C)NC(=O)[C@H](CC(=O)OC(C)(C)C)NC(=O)[C@H](Cc2ccc3ccccc3c2)NC(=O)c2cc3cc(Cl)ccc3[nH]2)cc1. The zero-order valence-corrected chi connectivity index (χ0v) is 36.0. The number of hydrogen-bond donors (Lipinski definition) is 5. The molecule has 5 rings (SSSR count). The lowest BCUT2D eigenvalue weighted by molar-refractivity contribution is -0.156. The molecule has 0 bridgehead atoms. The Morgan fingerprint density at radius 3 is 1.97 bits per heavy atom. The van der Waals surface area contributed by atoms with Crippen LogP contribution in [0.25, 0.3) is 21.7 Å². The fourth-order valence-electron chi connectivity index (χ4n) is 6.40. The third-order valence-corrected chi connectivity index (χ3v) is 9.41. The molecular weight excluding hydrogens is 802 g/mol. The van der Waals surface area contributed by atoms with Crippen molar-refractivity contribution in [1.82, 2.24) is 20.9 Å². The molecule has 0 saturated carbocycles. The average molecular weight is 854 g/mol. The lowest BCUT2D eigenvalue weighted by atomic mass is 10.0. The summed E-state index contributed by atoms with van der Waals surface area (Å²) in [5.74, 6) is -3.86. The topological polar surface area (TPSA) is 194 Å². The fourth-order valence-corrected chi connectivity index (χ4v) is 6.58. The van der Waals surface area contributed by atoms with Gasteiger partial charge in [-0.2, -0.15) is 0 Å². The van der Waals surface area contributed by atoms with Crippen LogP contribution < -0.4 is 26.0 Å². The number of anilines is 1. The van der Waals surface area contributed by atoms with Crippen LogP contribution in [-0.2, 0) is 39.9 Å². The Morgan fingerprint density at radius 1 is 0.656 bits per heavy atom. The predicted octanol–water partition coefficient (Wildman–Crippen LogP) is 6.79. The molecule has 3 atom stereocenters. The Bertz CT molecular complexity index is 2400. The average Bonchev–Trinajstić information content (AvgIpc) is 3.61. The molecule has 0 aliphatic carbocycles. The molecule has 0 unspecified atom stereocenters. The van der Waals surface area contributed by atoms with Gasteiger partial charge >= 0.3 is 11.9 Å². The molecule has 0 spiro atoms. The largest absolute Gasteiger partial charge is 0.497 e. The van der Waals surface area contributed by atoms with Gasteiger partial charge in [0.05, 0.1) is 13.5 Å². The Labute approximate surface area is 359 Å². The maximum atomic E-state index is 14.4. The molecule has 1 aromatic heterocycles. The standard InChI is InChI=1S/C46H52ClN5O9/c1-45(2,3)60-39(53)21-20-35(41(55)48-32-15-17-33(59-7)18-16-32)50-44(58)38(26-40(54)61-46(4,5)6)52-42(56)36(23-27-12-13-28-10-8-9-11-29(28)22-27)51-43(57)37-25-30-24-31(47)14-19-34(30)49-37/h8-19,22,24-25,35-36,38,49H,20-21,23,26H2,1-7H3,(H,48,55)(H,50,58)(H,51,57)(H,52,56)/t35-,36-,38-/m0/s1. The van der Waals surface area contributed by atoms with E-state index in [0.717, 1.165) is 10.8 Å². The molecule has 5 N–H and O–H groups in total. The van der Waals surface area contributed by atoms with E-state index in [2.05, 4.69) is 26.3 Å². The second-order valence-corrected chi connectivity index (χ2v) is 17.0. The summed E-state index contributed by atoms with van der Waals surface area (Å²) in [6, 6.07) is 22.3. The number of fused-ring (bicyclic) bond motifs is 2. The van der Waals surface area contributed by atoms with Crippen molar-refractivity contribution in [2.45, 2.75) is 96.6 Å². The van der Waals surface area contributed by atoms with Gasteiger partial charge in [0.15, 0.2) is 0 Å². The number of nitrogens with one attached hydrogen (secondary N) is 5. The van der Waals surface area contributed by atoms with Crippen molar-refractivity contribution >= 4 is 74.5 Å². The van der Waals surface area contributed by atoms with Crippen LogP contribution in [0.15, 0.2) is 91.0 Å². The second kappa shape index (κ2) is 19.8. The number of methoxy groups -OCH3 is 1. The highest BCUT2D eigenvalue weighted by Gasteiger charge is 2.34. The molecule has 4 aromatic carbocycles. The van der Waals surface area contributed by atoms with E-state index in [4.69, 9.17) is 25.8 Å². The summed E-state index contributed by atoms with van der Waals surface area (Å²) in [6.07, 6.45) is -1.07. The van der Waals surface area contributed by atoms with Crippen LogP contribution in [0.5, 0.6) is 5.75 Å². The minimum Gasteiger partial charge on any atom is -0.497 e. The van der Waals surface area contributed by atoms with Crippen molar-refractivity contribution in [2.24, 2.45) is 0 Å². The molecule has 4 amide bonds. The van der Waals surface area contributed by atoms with Crippen molar-refractivity contribution < 1.29 is 43.0 Å². The molecular formula is C46H52ClN5O9. The summed E-state index contributed by atoms with van der Waals surface area (Å²) < 4.78 is 16.2. The molecule has 0 aliphatic rings. The summed E-state index contributed by atoms with van der Waals surface area (Å²) >= 11 is 6.18. The number of esters is 2. The Balaban J connectivity index is 1.44. The maximum Gasteiger partial charge on any atom is 0.308 e. The van der Waals surface area contributed by atoms with E-state index in [0.29, 0.717) is 32.9 Å². The number of carbonyl (C=O) groups excluding carboxylic acids is 6. The number of aromatic amines is 1. The third kappa shape index (κ3) is 13.8. The van der Waals surface area contributed by atoms with Gasteiger partial charge in [-0.15, -0.1) is 0 Å². The van der Waals surface area contributed by atoms with E-state index in [1.807, 2.05) is 42.5 Å². The number of benzene rings is 4. The van der Waals surface area contributed by atoms with Gasteiger partial charge < -0.3 is 40.5 Å². The number of hydrogen-bond acceptors (Lipinski definition) is 9. The lowest BCUT2D eigenvalue weighted by Gasteiger charge is -2.26. The first-order valence-electron chi connectivity index (χ1n) is 19.8. The first kappa shape index (κ1) is 45.7. The summed E-state index contributed by atoms with van der Waals surface area (Å²) in [5.41, 5.74) is 0.153. The van der Waals surface area contributed by atoms with Gasteiger partial charge in [-0.1, -0.05) is 54.1 Å². The van der Waals surface area contributed by atoms with Crippen LogP contribution in [0.3, 0.4) is 0 Å². The first-order valence-corrected chi connectivity index (χ1v) is 20.2. The fraction of sp³-hybridized carbons (Fsp3) is 0.348. The van der Waals surface area contributed by atoms with Crippen molar-refractivity contribution in [2.75, 3.05) is 12.4 Å². The van der Waals surface area contributed by atoms with Gasteiger partial charge in [-0.25, -0.2) is 0 Å². The highest BCUT2D eigenvalue weighted by Crippen LogP contribution is 2.22. The number of ether oxygens (including phenoxy) is 3. The summed E-state index contributed by atoms with van der Waals surface area (Å²) in [6.45, 7) is 10.1. The van der Waals surface area contributed by atoms with Crippen LogP contribution in [0.4, 0.5) is 5.69 Å². The van der Waals surface area contributed by atoms with E-state index in [-0.39, 0.29) is 25.0 Å². The third-order valence-electron chi connectivity index (χ3n) is 9.17. The normalized spacial score (nSPS) is 13.0. The van der Waals surface area contributed by atoms with Crippen LogP contribution in [-0.4, -0.2) is 77.0 Å². The molecule has 1 heterocycles. The number of amides is 4. The Hall–Kier alpha value is -6.41. The van der Waals surface area contributed by atoms with Crippen LogP contribution >= 0.6 is 11.6 Å². The van der Waals surface area contributed by atoms with Crippen LogP contribution in [0, 0.1) is 0 Å². The molecule has 15 heteroatoms. The minimum absolute atomic E-state index is 0.00196. The van der Waals surface area contributed by atoms with E-state index >= 15 is 0 Å². The molecule has 0 fully saturated rings. The number of aromatic nitrogens is 1. The molecule has 0 aliphatic heterocycles. The van der Waals surface area contributed by atoms with E-state index in [9.17, 15) is 28.8 Å². The number of carbonyl (C=O) groups is 6.